The number of aliphatic hydroxyl groups excluding tert-OH is 1. The Morgan fingerprint density at radius 2 is 1.53 bits per heavy atom. The first-order valence-electron chi connectivity index (χ1n) is 13.3. The number of ether oxygens (including phenoxy) is 1. The fourth-order valence-corrected chi connectivity index (χ4v) is 4.79. The maximum absolute atomic E-state index is 13.3. The summed E-state index contributed by atoms with van der Waals surface area (Å²) in [5, 5.41) is 11.4. The summed E-state index contributed by atoms with van der Waals surface area (Å²) in [7, 11) is 0. The van der Waals surface area contributed by atoms with E-state index in [2.05, 4.69) is 25.7 Å². The van der Waals surface area contributed by atoms with E-state index in [0.29, 0.717) is 31.0 Å². The zero-order valence-electron chi connectivity index (χ0n) is 22.4. The van der Waals surface area contributed by atoms with Crippen molar-refractivity contribution in [1.82, 2.24) is 9.80 Å². The number of likely N-dealkylation sites (tertiary alicyclic amines) is 1. The maximum Gasteiger partial charge on any atom is 0.295 e. The lowest BCUT2D eigenvalue weighted by Crippen LogP contribution is -2.38. The molecule has 1 aliphatic rings. The van der Waals surface area contributed by atoms with Crippen molar-refractivity contribution in [1.29, 1.82) is 0 Å². The molecule has 38 heavy (non-hydrogen) atoms. The van der Waals surface area contributed by atoms with Crippen LogP contribution in [0.2, 0.25) is 0 Å². The van der Waals surface area contributed by atoms with E-state index in [9.17, 15) is 14.7 Å². The largest absolute Gasteiger partial charge is 0.507 e. The van der Waals surface area contributed by atoms with Gasteiger partial charge in [0.05, 0.1) is 11.6 Å². The molecule has 1 N–H and O–H groups in total. The van der Waals surface area contributed by atoms with Gasteiger partial charge in [-0.15, -0.1) is 0 Å². The number of rotatable bonds is 11. The number of amides is 1. The summed E-state index contributed by atoms with van der Waals surface area (Å²) in [5.74, 6) is -0.758. The molecule has 1 heterocycles. The van der Waals surface area contributed by atoms with Crippen LogP contribution < -0.4 is 4.74 Å². The summed E-state index contributed by atoms with van der Waals surface area (Å²) < 4.78 is 5.86. The number of hydrogen-bond donors (Lipinski definition) is 1. The lowest BCUT2D eigenvalue weighted by Gasteiger charge is -2.28. The molecular weight excluding hydrogens is 476 g/mol. The topological polar surface area (TPSA) is 70.1 Å². The Bertz CT molecular complexity index is 1260. The SMILES string of the molecule is CCc1ccc(C2/C(=C(\O)c3ccc(OCc4ccccc4)cc3)C(=O)C(=O)N2CCN(CC)CC)cc1. The highest BCUT2D eigenvalue weighted by molar-refractivity contribution is 6.46. The Hall–Kier alpha value is -3.90. The summed E-state index contributed by atoms with van der Waals surface area (Å²) in [6.45, 7) is 9.42. The third-order valence-electron chi connectivity index (χ3n) is 7.17. The molecule has 1 unspecified atom stereocenters. The summed E-state index contributed by atoms with van der Waals surface area (Å²) in [6.07, 6.45) is 0.890. The van der Waals surface area contributed by atoms with Gasteiger partial charge in [0.25, 0.3) is 11.7 Å². The number of hydrogen-bond acceptors (Lipinski definition) is 5. The number of aliphatic hydroxyl groups is 1. The van der Waals surface area contributed by atoms with Crippen molar-refractivity contribution in [3.05, 3.63) is 107 Å². The van der Waals surface area contributed by atoms with Crippen LogP contribution in [0.15, 0.2) is 84.4 Å². The molecule has 0 spiro atoms. The number of carbonyl (C=O) groups is 2. The highest BCUT2D eigenvalue weighted by Crippen LogP contribution is 2.39. The predicted molar refractivity (Wildman–Crippen MR) is 150 cm³/mol. The minimum absolute atomic E-state index is 0.122. The van der Waals surface area contributed by atoms with Crippen LogP contribution in [0.3, 0.4) is 0 Å². The Balaban J connectivity index is 1.65. The number of benzene rings is 3. The normalized spacial score (nSPS) is 16.8. The smallest absolute Gasteiger partial charge is 0.295 e. The van der Waals surface area contributed by atoms with Gasteiger partial charge in [-0.3, -0.25) is 9.59 Å². The number of aryl methyl sites for hydroxylation is 1. The molecule has 198 valence electrons. The average molecular weight is 513 g/mol. The van der Waals surface area contributed by atoms with Gasteiger partial charge >= 0.3 is 0 Å². The van der Waals surface area contributed by atoms with Crippen molar-refractivity contribution in [3.63, 3.8) is 0 Å². The minimum atomic E-state index is -0.656. The standard InChI is InChI=1S/C32H36N2O4/c1-4-23-12-14-25(15-13-23)29-28(31(36)32(37)34(29)21-20-33(5-2)6-3)30(35)26-16-18-27(19-17-26)38-22-24-10-8-7-9-11-24/h7-19,29,35H,4-6,20-22H2,1-3H3/b30-28+. The van der Waals surface area contributed by atoms with Crippen LogP contribution in [0.1, 0.15) is 49.1 Å². The predicted octanol–water partition coefficient (Wildman–Crippen LogP) is 5.59. The molecule has 0 aromatic heterocycles. The van der Waals surface area contributed by atoms with Crippen LogP contribution in [0.5, 0.6) is 5.75 Å². The van der Waals surface area contributed by atoms with Gasteiger partial charge in [0, 0.05) is 18.7 Å². The molecule has 3 aromatic rings. The molecule has 1 saturated heterocycles. The molecule has 0 bridgehead atoms. The summed E-state index contributed by atoms with van der Waals surface area (Å²) in [4.78, 5) is 30.3. The second kappa shape index (κ2) is 12.6. The van der Waals surface area contributed by atoms with Crippen molar-refractivity contribution >= 4 is 17.4 Å². The van der Waals surface area contributed by atoms with E-state index in [1.54, 1.807) is 29.2 Å². The van der Waals surface area contributed by atoms with Gasteiger partial charge in [-0.2, -0.15) is 0 Å². The monoisotopic (exact) mass is 512 g/mol. The van der Waals surface area contributed by atoms with Crippen LogP contribution in [0, 0.1) is 0 Å². The molecule has 1 amide bonds. The molecule has 0 radical (unpaired) electrons. The fraction of sp³-hybridized carbons (Fsp3) is 0.312. The zero-order chi connectivity index (χ0) is 27.1. The molecule has 6 nitrogen and oxygen atoms in total. The van der Waals surface area contributed by atoms with E-state index in [0.717, 1.165) is 30.6 Å². The summed E-state index contributed by atoms with van der Waals surface area (Å²) in [6, 6.07) is 24.1. The number of ketones is 1. The first-order chi connectivity index (χ1) is 18.5. The van der Waals surface area contributed by atoms with Crippen molar-refractivity contribution in [3.8, 4) is 5.75 Å². The molecule has 1 fully saturated rings. The van der Waals surface area contributed by atoms with E-state index >= 15 is 0 Å². The molecular formula is C32H36N2O4. The molecule has 4 rings (SSSR count). The first kappa shape index (κ1) is 27.1. The van der Waals surface area contributed by atoms with Crippen molar-refractivity contribution < 1.29 is 19.4 Å². The van der Waals surface area contributed by atoms with E-state index in [4.69, 9.17) is 4.74 Å². The highest BCUT2D eigenvalue weighted by Gasteiger charge is 2.45. The zero-order valence-corrected chi connectivity index (χ0v) is 22.4. The Kier molecular flexibility index (Phi) is 8.98. The molecule has 1 aliphatic heterocycles. The van der Waals surface area contributed by atoms with Crippen molar-refractivity contribution in [2.45, 2.75) is 39.8 Å². The number of nitrogens with zero attached hydrogens (tertiary/aromatic N) is 2. The third-order valence-corrected chi connectivity index (χ3v) is 7.17. The quantitative estimate of drug-likeness (QED) is 0.206. The Labute approximate surface area is 225 Å². The van der Waals surface area contributed by atoms with Crippen molar-refractivity contribution in [2.75, 3.05) is 26.2 Å². The van der Waals surface area contributed by atoms with E-state index in [1.165, 1.54) is 5.56 Å². The molecule has 0 saturated carbocycles. The van der Waals surface area contributed by atoms with Crippen LogP contribution in [-0.4, -0.2) is 52.8 Å². The fourth-order valence-electron chi connectivity index (χ4n) is 4.79. The molecule has 3 aromatic carbocycles. The van der Waals surface area contributed by atoms with Crippen molar-refractivity contribution in [2.24, 2.45) is 0 Å². The Morgan fingerprint density at radius 3 is 2.13 bits per heavy atom. The lowest BCUT2D eigenvalue weighted by molar-refractivity contribution is -0.140. The average Bonchev–Trinajstić information content (AvgIpc) is 3.22. The highest BCUT2D eigenvalue weighted by atomic mass is 16.5. The van der Waals surface area contributed by atoms with Gasteiger partial charge in [0.1, 0.15) is 18.1 Å². The van der Waals surface area contributed by atoms with Crippen LogP contribution in [0.4, 0.5) is 0 Å². The van der Waals surface area contributed by atoms with Gasteiger partial charge in [-0.25, -0.2) is 0 Å². The number of likely N-dealkylation sites (N-methyl/N-ethyl adjacent to an activating group) is 1. The second-order valence-electron chi connectivity index (χ2n) is 9.41. The van der Waals surface area contributed by atoms with Gasteiger partial charge in [-0.1, -0.05) is 75.4 Å². The minimum Gasteiger partial charge on any atom is -0.507 e. The van der Waals surface area contributed by atoms with Gasteiger partial charge in [0.2, 0.25) is 0 Å². The van der Waals surface area contributed by atoms with Crippen LogP contribution >= 0.6 is 0 Å². The van der Waals surface area contributed by atoms with E-state index in [1.807, 2.05) is 54.6 Å². The molecule has 6 heteroatoms. The number of carbonyl (C=O) groups excluding carboxylic acids is 2. The summed E-state index contributed by atoms with van der Waals surface area (Å²) >= 11 is 0. The summed E-state index contributed by atoms with van der Waals surface area (Å²) in [5.41, 5.74) is 3.62. The van der Waals surface area contributed by atoms with Crippen LogP contribution in [-0.2, 0) is 22.6 Å². The lowest BCUT2D eigenvalue weighted by atomic mass is 9.94. The molecule has 1 atom stereocenters. The number of Topliss-reactive ketones (excluding diaryl/α,β-unsaturated/α-hetero) is 1. The van der Waals surface area contributed by atoms with E-state index in [-0.39, 0.29) is 11.3 Å². The molecule has 0 aliphatic carbocycles. The van der Waals surface area contributed by atoms with Gasteiger partial charge < -0.3 is 19.6 Å². The maximum atomic E-state index is 13.3. The first-order valence-corrected chi connectivity index (χ1v) is 13.3. The van der Waals surface area contributed by atoms with E-state index < -0.39 is 17.7 Å². The Morgan fingerprint density at radius 1 is 0.868 bits per heavy atom. The van der Waals surface area contributed by atoms with Gasteiger partial charge in [0.15, 0.2) is 0 Å². The third kappa shape index (κ3) is 5.97. The van der Waals surface area contributed by atoms with Crippen LogP contribution in [0.25, 0.3) is 5.76 Å². The van der Waals surface area contributed by atoms with Gasteiger partial charge in [-0.05, 0) is 60.5 Å². The second-order valence-corrected chi connectivity index (χ2v) is 9.41.